The number of hydrogen-bond acceptors (Lipinski definition) is 7. The van der Waals surface area contributed by atoms with E-state index in [1.54, 1.807) is 14.2 Å². The molecule has 0 amide bonds. The smallest absolute Gasteiger partial charge is 0.175 e. The molecule has 0 saturated heterocycles. The molecule has 2 aromatic heterocycles. The fraction of sp³-hybridized carbons (Fsp3) is 0.278. The molecule has 0 radical (unpaired) electrons. The number of nitrogens with zero attached hydrogens (tertiary/aromatic N) is 4. The molecule has 0 spiro atoms. The van der Waals surface area contributed by atoms with Crippen LogP contribution in [0.5, 0.6) is 11.5 Å². The molecule has 1 aromatic carbocycles. The third-order valence-electron chi connectivity index (χ3n) is 3.89. The monoisotopic (exact) mass is 371 g/mol. The van der Waals surface area contributed by atoms with Crippen LogP contribution >= 0.6 is 11.8 Å². The van der Waals surface area contributed by atoms with Crippen molar-refractivity contribution in [2.24, 2.45) is 0 Å². The first-order valence-corrected chi connectivity index (χ1v) is 8.97. The first-order valence-electron chi connectivity index (χ1n) is 8.15. The van der Waals surface area contributed by atoms with Crippen molar-refractivity contribution in [3.05, 3.63) is 37.2 Å². The Labute approximate surface area is 156 Å². The lowest BCUT2D eigenvalue weighted by atomic mass is 10.3. The number of nitrogen functional groups attached to an aromatic ring is 1. The van der Waals surface area contributed by atoms with E-state index >= 15 is 0 Å². The van der Waals surface area contributed by atoms with Gasteiger partial charge in [-0.3, -0.25) is 0 Å². The molecule has 0 fully saturated rings. The highest BCUT2D eigenvalue weighted by molar-refractivity contribution is 7.99. The topological polar surface area (TPSA) is 88.1 Å². The highest BCUT2D eigenvalue weighted by Crippen LogP contribution is 2.38. The van der Waals surface area contributed by atoms with Crippen LogP contribution in [0.1, 0.15) is 12.8 Å². The van der Waals surface area contributed by atoms with Gasteiger partial charge in [0, 0.05) is 6.54 Å². The molecule has 0 saturated carbocycles. The van der Waals surface area contributed by atoms with Gasteiger partial charge in [0.05, 0.1) is 19.1 Å². The van der Waals surface area contributed by atoms with Gasteiger partial charge in [0.15, 0.2) is 22.1 Å². The van der Waals surface area contributed by atoms with Crippen LogP contribution in [0.4, 0.5) is 5.82 Å². The fourth-order valence-corrected chi connectivity index (χ4v) is 3.62. The minimum Gasteiger partial charge on any atom is -0.497 e. The van der Waals surface area contributed by atoms with Gasteiger partial charge in [-0.25, -0.2) is 15.0 Å². The van der Waals surface area contributed by atoms with Gasteiger partial charge in [-0.2, -0.15) is 0 Å². The molecule has 3 aromatic rings. The first kappa shape index (κ1) is 18.1. The van der Waals surface area contributed by atoms with Crippen molar-refractivity contribution in [1.82, 2.24) is 19.5 Å². The molecule has 2 heterocycles. The second-order valence-electron chi connectivity index (χ2n) is 5.53. The zero-order valence-electron chi connectivity index (χ0n) is 14.8. The summed E-state index contributed by atoms with van der Waals surface area (Å²) in [5.74, 6) is 1.87. The van der Waals surface area contributed by atoms with Gasteiger partial charge in [0.1, 0.15) is 17.8 Å². The standard InChI is InChI=1S/C18H21N5O2S/c1-4-5-6-9-23-17-15(16(19)20-11-21-17)22-18(23)26-14-10-12(24-2)7-8-13(14)25-3/h4,7-8,10-11H,1,5-6,9H2,2-3H3,(H2,19,20,21). The third kappa shape index (κ3) is 3.60. The van der Waals surface area contributed by atoms with Crippen molar-refractivity contribution >= 4 is 28.7 Å². The van der Waals surface area contributed by atoms with Gasteiger partial charge in [-0.1, -0.05) is 6.08 Å². The summed E-state index contributed by atoms with van der Waals surface area (Å²) in [5, 5.41) is 0.780. The predicted molar refractivity (Wildman–Crippen MR) is 103 cm³/mol. The van der Waals surface area contributed by atoms with Crippen molar-refractivity contribution in [2.45, 2.75) is 29.4 Å². The van der Waals surface area contributed by atoms with E-state index in [-0.39, 0.29) is 0 Å². The molecule has 0 unspecified atom stereocenters. The Bertz CT molecular complexity index is 925. The number of aryl methyl sites for hydroxylation is 1. The second kappa shape index (κ2) is 8.09. The Morgan fingerprint density at radius 1 is 1.27 bits per heavy atom. The summed E-state index contributed by atoms with van der Waals surface area (Å²) in [6, 6.07) is 5.66. The molecule has 0 atom stereocenters. The molecule has 0 bridgehead atoms. The maximum absolute atomic E-state index is 5.99. The number of ether oxygens (including phenoxy) is 2. The normalized spacial score (nSPS) is 10.8. The van der Waals surface area contributed by atoms with Crippen LogP contribution in [0.25, 0.3) is 11.2 Å². The van der Waals surface area contributed by atoms with E-state index in [0.29, 0.717) is 11.3 Å². The third-order valence-corrected chi connectivity index (χ3v) is 4.92. The van der Waals surface area contributed by atoms with Crippen LogP contribution in [-0.4, -0.2) is 33.7 Å². The van der Waals surface area contributed by atoms with E-state index < -0.39 is 0 Å². The SMILES string of the molecule is C=CCCCn1c(Sc2cc(OC)ccc2OC)nc2c(N)ncnc21. The molecule has 0 aliphatic rings. The molecular formula is C18H21N5O2S. The maximum atomic E-state index is 5.99. The summed E-state index contributed by atoms with van der Waals surface area (Å²) in [4.78, 5) is 14.0. The first-order chi connectivity index (χ1) is 12.7. The zero-order valence-corrected chi connectivity index (χ0v) is 15.6. The van der Waals surface area contributed by atoms with Crippen LogP contribution in [0, 0.1) is 0 Å². The minimum atomic E-state index is 0.372. The Hall–Kier alpha value is -2.74. The number of fused-ring (bicyclic) bond motifs is 1. The fourth-order valence-electron chi connectivity index (χ4n) is 2.57. The van der Waals surface area contributed by atoms with E-state index in [1.807, 2.05) is 24.3 Å². The molecule has 7 nitrogen and oxygen atoms in total. The zero-order chi connectivity index (χ0) is 18.5. The number of unbranched alkanes of at least 4 members (excludes halogenated alkanes) is 1. The Kier molecular flexibility index (Phi) is 5.62. The number of nitrogens with two attached hydrogens (primary N) is 1. The summed E-state index contributed by atoms with van der Waals surface area (Å²) >= 11 is 1.49. The number of anilines is 1. The van der Waals surface area contributed by atoms with Crippen LogP contribution in [0.3, 0.4) is 0 Å². The Morgan fingerprint density at radius 3 is 2.85 bits per heavy atom. The molecule has 3 rings (SSSR count). The van der Waals surface area contributed by atoms with E-state index in [2.05, 4.69) is 26.1 Å². The highest BCUT2D eigenvalue weighted by Gasteiger charge is 2.17. The molecular weight excluding hydrogens is 350 g/mol. The van der Waals surface area contributed by atoms with E-state index in [1.165, 1.54) is 18.1 Å². The summed E-state index contributed by atoms with van der Waals surface area (Å²) in [7, 11) is 3.28. The average molecular weight is 371 g/mol. The van der Waals surface area contributed by atoms with Crippen molar-refractivity contribution in [2.75, 3.05) is 20.0 Å². The Morgan fingerprint density at radius 2 is 2.12 bits per heavy atom. The largest absolute Gasteiger partial charge is 0.497 e. The summed E-state index contributed by atoms with van der Waals surface area (Å²) in [5.41, 5.74) is 7.33. The molecule has 26 heavy (non-hydrogen) atoms. The average Bonchev–Trinajstić information content (AvgIpc) is 3.01. The second-order valence-corrected chi connectivity index (χ2v) is 6.54. The molecule has 136 valence electrons. The number of rotatable bonds is 8. The number of aromatic nitrogens is 4. The van der Waals surface area contributed by atoms with Crippen LogP contribution in [0.15, 0.2) is 47.2 Å². The number of methoxy groups -OCH3 is 2. The van der Waals surface area contributed by atoms with Gasteiger partial charge in [0.25, 0.3) is 0 Å². The van der Waals surface area contributed by atoms with Crippen LogP contribution in [0.2, 0.25) is 0 Å². The van der Waals surface area contributed by atoms with Gasteiger partial charge in [-0.15, -0.1) is 6.58 Å². The van der Waals surface area contributed by atoms with Gasteiger partial charge >= 0.3 is 0 Å². The molecule has 0 aliphatic heterocycles. The number of hydrogen-bond donors (Lipinski definition) is 1. The van der Waals surface area contributed by atoms with Crippen LogP contribution < -0.4 is 15.2 Å². The van der Waals surface area contributed by atoms with Crippen molar-refractivity contribution in [3.63, 3.8) is 0 Å². The predicted octanol–water partition coefficient (Wildman–Crippen LogP) is 3.54. The number of benzene rings is 1. The molecule has 2 N–H and O–H groups in total. The maximum Gasteiger partial charge on any atom is 0.175 e. The van der Waals surface area contributed by atoms with Gasteiger partial charge in [0.2, 0.25) is 0 Å². The highest BCUT2D eigenvalue weighted by atomic mass is 32.2. The van der Waals surface area contributed by atoms with Crippen LogP contribution in [-0.2, 0) is 6.54 Å². The number of imidazole rings is 1. The number of allylic oxidation sites excluding steroid dienone is 1. The molecule has 0 aliphatic carbocycles. The summed E-state index contributed by atoms with van der Waals surface area (Å²) < 4.78 is 12.9. The molecule has 8 heteroatoms. The van der Waals surface area contributed by atoms with Gasteiger partial charge < -0.3 is 19.8 Å². The van der Waals surface area contributed by atoms with Gasteiger partial charge in [-0.05, 0) is 42.8 Å². The van der Waals surface area contributed by atoms with E-state index in [4.69, 9.17) is 15.2 Å². The minimum absolute atomic E-state index is 0.372. The quantitative estimate of drug-likeness (QED) is 0.478. The lowest BCUT2D eigenvalue weighted by Gasteiger charge is -2.11. The van der Waals surface area contributed by atoms with Crippen molar-refractivity contribution in [3.8, 4) is 11.5 Å². The van der Waals surface area contributed by atoms with E-state index in [0.717, 1.165) is 46.6 Å². The van der Waals surface area contributed by atoms with Crippen molar-refractivity contribution in [1.29, 1.82) is 0 Å². The van der Waals surface area contributed by atoms with E-state index in [9.17, 15) is 0 Å². The lowest BCUT2D eigenvalue weighted by molar-refractivity contribution is 0.394. The Balaban J connectivity index is 2.05. The lowest BCUT2D eigenvalue weighted by Crippen LogP contribution is -2.02. The summed E-state index contributed by atoms with van der Waals surface area (Å²) in [6.07, 6.45) is 5.21. The van der Waals surface area contributed by atoms with Crippen molar-refractivity contribution < 1.29 is 9.47 Å². The summed E-state index contributed by atoms with van der Waals surface area (Å²) in [6.45, 7) is 4.54.